The van der Waals surface area contributed by atoms with Crippen LogP contribution in [0.3, 0.4) is 0 Å². The average Bonchev–Trinajstić information content (AvgIpc) is 3.71. The summed E-state index contributed by atoms with van der Waals surface area (Å²) in [6, 6.07) is 12.1. The molecule has 1 aliphatic rings. The molecule has 0 spiro atoms. The summed E-state index contributed by atoms with van der Waals surface area (Å²) in [5.74, 6) is 2.12. The number of anilines is 1. The second-order valence-corrected chi connectivity index (χ2v) is 15.4. The van der Waals surface area contributed by atoms with Crippen LogP contribution >= 0.6 is 0 Å². The molecule has 1 fully saturated rings. The molecule has 5 rings (SSSR count). The van der Waals surface area contributed by atoms with Crippen LogP contribution in [0.5, 0.6) is 11.5 Å². The minimum absolute atomic E-state index is 0.147. The SMILES string of the molecule is [C-]#[N+]c1c(C(=O)OC2C(C)CC(C)CC2C)c2nc(-c3cc(OCCCCCCCC)ccc3OC)nn2/c1=C/c1ccc(N(CC)CCCC)cc1C. The zero-order valence-corrected chi connectivity index (χ0v) is 33.9. The van der Waals surface area contributed by atoms with Gasteiger partial charge in [0.2, 0.25) is 5.69 Å². The Morgan fingerprint density at radius 1 is 0.981 bits per heavy atom. The molecule has 0 radical (unpaired) electrons. The molecule has 4 aromatic rings. The Kier molecular flexibility index (Phi) is 14.4. The highest BCUT2D eigenvalue weighted by Gasteiger charge is 2.36. The van der Waals surface area contributed by atoms with E-state index in [9.17, 15) is 4.79 Å². The number of aromatic nitrogens is 3. The van der Waals surface area contributed by atoms with Crippen LogP contribution in [0.25, 0.3) is 28.0 Å². The minimum atomic E-state index is -0.535. The summed E-state index contributed by atoms with van der Waals surface area (Å²) in [7, 11) is 1.62. The van der Waals surface area contributed by atoms with Crippen molar-refractivity contribution in [2.24, 2.45) is 17.8 Å². The third-order valence-electron chi connectivity index (χ3n) is 11.0. The van der Waals surface area contributed by atoms with Gasteiger partial charge in [-0.15, -0.1) is 5.10 Å². The fraction of sp³-hybridized carbons (Fsp3) is 0.556. The van der Waals surface area contributed by atoms with E-state index in [2.05, 4.69) is 76.4 Å². The Labute approximate surface area is 322 Å². The van der Waals surface area contributed by atoms with Gasteiger partial charge in [0.05, 0.1) is 31.2 Å². The van der Waals surface area contributed by atoms with Crippen LogP contribution in [0.4, 0.5) is 11.4 Å². The molecule has 0 saturated heterocycles. The normalized spacial score (nSPS) is 18.8. The van der Waals surface area contributed by atoms with Crippen molar-refractivity contribution in [1.82, 2.24) is 14.6 Å². The summed E-state index contributed by atoms with van der Waals surface area (Å²) in [6.07, 6.45) is 13.0. The summed E-state index contributed by atoms with van der Waals surface area (Å²) in [5, 5.41) is 5.46. The first-order valence-electron chi connectivity index (χ1n) is 20.3. The number of aryl methyl sites for hydroxylation is 1. The Hall–Kier alpha value is -4.58. The van der Waals surface area contributed by atoms with Gasteiger partial charge in [-0.2, -0.15) is 0 Å². The summed E-state index contributed by atoms with van der Waals surface area (Å²) in [4.78, 5) is 25.6. The number of hydrogen-bond donors (Lipinski definition) is 0. The van der Waals surface area contributed by atoms with Crippen LogP contribution in [0.15, 0.2) is 36.4 Å². The summed E-state index contributed by atoms with van der Waals surface area (Å²) >= 11 is 0. The smallest absolute Gasteiger partial charge is 0.331 e. The lowest BCUT2D eigenvalue weighted by Crippen LogP contribution is -2.37. The molecule has 9 heteroatoms. The Balaban J connectivity index is 1.58. The van der Waals surface area contributed by atoms with Gasteiger partial charge in [0.25, 0.3) is 0 Å². The molecule has 2 heterocycles. The van der Waals surface area contributed by atoms with Gasteiger partial charge in [0, 0.05) is 18.8 Å². The molecular formula is C45H61N5O4. The van der Waals surface area contributed by atoms with Crippen molar-refractivity contribution in [3.63, 3.8) is 0 Å². The zero-order valence-electron chi connectivity index (χ0n) is 33.9. The van der Waals surface area contributed by atoms with E-state index in [1.54, 1.807) is 11.6 Å². The van der Waals surface area contributed by atoms with Gasteiger partial charge in [-0.05, 0) is 105 Å². The fourth-order valence-corrected chi connectivity index (χ4v) is 8.14. The van der Waals surface area contributed by atoms with Crippen molar-refractivity contribution in [2.75, 3.05) is 31.7 Å². The van der Waals surface area contributed by atoms with Crippen molar-refractivity contribution in [3.8, 4) is 22.9 Å². The molecule has 2 aromatic carbocycles. The molecule has 1 saturated carbocycles. The second kappa shape index (κ2) is 19.1. The average molecular weight is 736 g/mol. The van der Waals surface area contributed by atoms with Gasteiger partial charge < -0.3 is 19.1 Å². The first kappa shape index (κ1) is 40.6. The number of methoxy groups -OCH3 is 1. The number of hydrogen-bond acceptors (Lipinski definition) is 7. The van der Waals surface area contributed by atoms with Crippen LogP contribution in [0.2, 0.25) is 0 Å². The van der Waals surface area contributed by atoms with E-state index in [4.69, 9.17) is 30.9 Å². The number of carbonyl (C=O) groups is 1. The van der Waals surface area contributed by atoms with Gasteiger partial charge in [-0.25, -0.2) is 19.1 Å². The lowest BCUT2D eigenvalue weighted by Gasteiger charge is -2.37. The van der Waals surface area contributed by atoms with E-state index < -0.39 is 5.97 Å². The predicted molar refractivity (Wildman–Crippen MR) is 219 cm³/mol. The first-order chi connectivity index (χ1) is 26.1. The maximum absolute atomic E-state index is 14.3. The summed E-state index contributed by atoms with van der Waals surface area (Å²) in [5.41, 5.74) is 4.44. The van der Waals surface area contributed by atoms with E-state index in [1.165, 1.54) is 31.4 Å². The largest absolute Gasteiger partial charge is 0.496 e. The van der Waals surface area contributed by atoms with Gasteiger partial charge in [0.1, 0.15) is 23.2 Å². The standard InChI is InChI=1S/C45H61N5O4/c1-10-13-15-16-17-18-24-53-36-21-22-39(52-9)37(29-36)43-47-44-40(45(51)54-42-32(6)25-30(4)26-33(42)7)41(46-8)38(50(44)48-43)28-34-19-20-35(27-31(34)5)49(12-3)23-14-11-2/h19-22,27-30,32-33,42H,10-18,23-26H2,1-7,9H3/b38-28+. The molecule has 2 unspecified atom stereocenters. The lowest BCUT2D eigenvalue weighted by molar-refractivity contribution is -0.0249. The van der Waals surface area contributed by atoms with Crippen LogP contribution in [-0.2, 0) is 4.74 Å². The van der Waals surface area contributed by atoms with E-state index in [-0.39, 0.29) is 29.2 Å². The number of ether oxygens (including phenoxy) is 3. The zero-order chi connectivity index (χ0) is 38.8. The first-order valence-corrected chi connectivity index (χ1v) is 20.3. The maximum Gasteiger partial charge on any atom is 0.331 e. The lowest BCUT2D eigenvalue weighted by atomic mass is 9.75. The molecule has 9 nitrogen and oxygen atoms in total. The third-order valence-corrected chi connectivity index (χ3v) is 11.0. The number of benzene rings is 2. The minimum Gasteiger partial charge on any atom is -0.496 e. The van der Waals surface area contributed by atoms with Crippen molar-refractivity contribution in [2.45, 2.75) is 119 Å². The molecule has 54 heavy (non-hydrogen) atoms. The van der Waals surface area contributed by atoms with E-state index in [0.29, 0.717) is 46.4 Å². The van der Waals surface area contributed by atoms with E-state index >= 15 is 0 Å². The van der Waals surface area contributed by atoms with E-state index in [1.807, 2.05) is 24.3 Å². The number of rotatable bonds is 18. The quantitative estimate of drug-likeness (QED) is 0.0571. The number of nitrogens with zero attached hydrogens (tertiary/aromatic N) is 5. The summed E-state index contributed by atoms with van der Waals surface area (Å²) < 4.78 is 19.9. The molecule has 2 atom stereocenters. The number of fused-ring (bicyclic) bond motifs is 1. The topological polar surface area (TPSA) is 82.5 Å². The van der Waals surface area contributed by atoms with Gasteiger partial charge in [-0.3, -0.25) is 0 Å². The third kappa shape index (κ3) is 9.37. The van der Waals surface area contributed by atoms with E-state index in [0.717, 1.165) is 62.7 Å². The molecule has 1 aliphatic carbocycles. The fourth-order valence-electron chi connectivity index (χ4n) is 8.14. The van der Waals surface area contributed by atoms with Crippen LogP contribution in [0.1, 0.15) is 127 Å². The van der Waals surface area contributed by atoms with Crippen molar-refractivity contribution >= 4 is 29.1 Å². The number of unbranched alkanes of at least 4 members (excludes halogenated alkanes) is 6. The van der Waals surface area contributed by atoms with Gasteiger partial charge >= 0.3 is 5.97 Å². The molecule has 2 aromatic heterocycles. The maximum atomic E-state index is 14.3. The van der Waals surface area contributed by atoms with Crippen LogP contribution in [-0.4, -0.2) is 53.5 Å². The highest BCUT2D eigenvalue weighted by molar-refractivity contribution is 6.03. The van der Waals surface area contributed by atoms with Crippen molar-refractivity contribution in [1.29, 1.82) is 0 Å². The summed E-state index contributed by atoms with van der Waals surface area (Å²) in [6.45, 7) is 26.1. The molecule has 0 N–H and O–H groups in total. The highest BCUT2D eigenvalue weighted by Crippen LogP contribution is 2.37. The van der Waals surface area contributed by atoms with Crippen LogP contribution < -0.4 is 19.7 Å². The van der Waals surface area contributed by atoms with Crippen LogP contribution in [0, 0.1) is 31.2 Å². The predicted octanol–water partition coefficient (Wildman–Crippen LogP) is 10.4. The molecular weight excluding hydrogens is 675 g/mol. The van der Waals surface area contributed by atoms with Gasteiger partial charge in [0.15, 0.2) is 11.5 Å². The van der Waals surface area contributed by atoms with Crippen molar-refractivity contribution in [3.05, 3.63) is 69.9 Å². The number of esters is 1. The molecule has 0 amide bonds. The second-order valence-electron chi connectivity index (χ2n) is 15.4. The number of carbonyl (C=O) groups excluding carboxylic acids is 1. The monoisotopic (exact) mass is 735 g/mol. The Morgan fingerprint density at radius 2 is 1.70 bits per heavy atom. The molecule has 0 bridgehead atoms. The Bertz CT molecular complexity index is 1950. The van der Waals surface area contributed by atoms with Crippen molar-refractivity contribution < 1.29 is 19.0 Å². The highest BCUT2D eigenvalue weighted by atomic mass is 16.5. The Morgan fingerprint density at radius 3 is 2.37 bits per heavy atom. The molecule has 290 valence electrons. The van der Waals surface area contributed by atoms with Gasteiger partial charge in [-0.1, -0.05) is 79.2 Å². The molecule has 0 aliphatic heterocycles.